The number of rotatable bonds is 0. The van der Waals surface area contributed by atoms with Crippen molar-refractivity contribution in [3.8, 4) is 5.75 Å². The fourth-order valence-electron chi connectivity index (χ4n) is 3.14. The second kappa shape index (κ2) is 4.33. The Morgan fingerprint density at radius 2 is 2.05 bits per heavy atom. The molecule has 4 nitrogen and oxygen atoms in total. The molecular formula is C15H14N2O2S. The van der Waals surface area contributed by atoms with Crippen molar-refractivity contribution in [2.45, 2.75) is 6.04 Å². The van der Waals surface area contributed by atoms with E-state index >= 15 is 0 Å². The Hall–Kier alpha value is -1.85. The summed E-state index contributed by atoms with van der Waals surface area (Å²) >= 11 is 5.11. The number of nitrogens with two attached hydrogens (primary N) is 1. The summed E-state index contributed by atoms with van der Waals surface area (Å²) in [4.78, 5) is 5.65. The molecule has 2 heterocycles. The van der Waals surface area contributed by atoms with Crippen molar-refractivity contribution in [1.29, 1.82) is 0 Å². The van der Waals surface area contributed by atoms with Gasteiger partial charge in [0.2, 0.25) is 0 Å². The molecule has 20 heavy (non-hydrogen) atoms. The minimum absolute atomic E-state index is 0.0438. The minimum atomic E-state index is 0.0438. The highest BCUT2D eigenvalue weighted by Gasteiger charge is 2.43. The van der Waals surface area contributed by atoms with E-state index in [2.05, 4.69) is 18.2 Å². The molecule has 2 aromatic rings. The van der Waals surface area contributed by atoms with Gasteiger partial charge in [-0.3, -0.25) is 4.84 Å². The Kier molecular flexibility index (Phi) is 2.58. The molecule has 2 aromatic carbocycles. The van der Waals surface area contributed by atoms with E-state index in [4.69, 9.17) is 27.5 Å². The zero-order chi connectivity index (χ0) is 13.7. The van der Waals surface area contributed by atoms with Gasteiger partial charge in [0.1, 0.15) is 5.75 Å². The van der Waals surface area contributed by atoms with E-state index in [1.165, 1.54) is 10.8 Å². The summed E-state index contributed by atoms with van der Waals surface area (Å²) in [6, 6.07) is 12.4. The van der Waals surface area contributed by atoms with Gasteiger partial charge in [-0.15, -0.1) is 0 Å². The summed E-state index contributed by atoms with van der Waals surface area (Å²) < 4.78 is 5.88. The van der Waals surface area contributed by atoms with Gasteiger partial charge in [0.05, 0.1) is 19.3 Å². The van der Waals surface area contributed by atoms with Crippen LogP contribution in [0.25, 0.3) is 10.8 Å². The second-order valence-electron chi connectivity index (χ2n) is 5.17. The first kappa shape index (κ1) is 11.9. The summed E-state index contributed by atoms with van der Waals surface area (Å²) in [5, 5.41) is 4.29. The van der Waals surface area contributed by atoms with Gasteiger partial charge < -0.3 is 10.5 Å². The predicted octanol–water partition coefficient (Wildman–Crippen LogP) is 2.38. The predicted molar refractivity (Wildman–Crippen MR) is 80.3 cm³/mol. The third-order valence-electron chi connectivity index (χ3n) is 4.02. The number of hydrogen-bond acceptors (Lipinski definition) is 3. The molecule has 1 fully saturated rings. The maximum absolute atomic E-state index is 5.88. The molecule has 2 atom stereocenters. The van der Waals surface area contributed by atoms with Gasteiger partial charge in [-0.05, 0) is 29.1 Å². The molecule has 0 amide bonds. The fraction of sp³-hybridized carbons (Fsp3) is 0.267. The molecule has 0 spiro atoms. The molecule has 0 bridgehead atoms. The lowest BCUT2D eigenvalue weighted by molar-refractivity contribution is -0.0648. The first-order valence-electron chi connectivity index (χ1n) is 6.62. The summed E-state index contributed by atoms with van der Waals surface area (Å²) in [6.07, 6.45) is 0. The zero-order valence-electron chi connectivity index (χ0n) is 10.8. The summed E-state index contributed by atoms with van der Waals surface area (Å²) in [7, 11) is 0. The Morgan fingerprint density at radius 3 is 2.90 bits per heavy atom. The SMILES string of the molecule is NC(=S)N1OC[C@H]2COc3ccc4ccccc4c3[C@@H]21. The molecule has 4 rings (SSSR count). The molecule has 1 saturated heterocycles. The molecule has 5 heteroatoms. The van der Waals surface area contributed by atoms with Crippen molar-refractivity contribution in [3.63, 3.8) is 0 Å². The Morgan fingerprint density at radius 1 is 1.20 bits per heavy atom. The summed E-state index contributed by atoms with van der Waals surface area (Å²) in [5.74, 6) is 1.16. The topological polar surface area (TPSA) is 47.7 Å². The lowest BCUT2D eigenvalue weighted by atomic mass is 9.88. The van der Waals surface area contributed by atoms with E-state index in [0.29, 0.717) is 13.2 Å². The molecular weight excluding hydrogens is 272 g/mol. The quantitative estimate of drug-likeness (QED) is 0.754. The number of benzene rings is 2. The molecule has 0 radical (unpaired) electrons. The number of hydrogen-bond donors (Lipinski definition) is 1. The number of ether oxygens (including phenoxy) is 1. The Labute approximate surface area is 122 Å². The number of hydroxylamine groups is 2. The maximum Gasteiger partial charge on any atom is 0.191 e. The van der Waals surface area contributed by atoms with Gasteiger partial charge >= 0.3 is 0 Å². The monoisotopic (exact) mass is 286 g/mol. The van der Waals surface area contributed by atoms with Crippen LogP contribution in [-0.4, -0.2) is 23.4 Å². The third-order valence-corrected chi connectivity index (χ3v) is 4.20. The van der Waals surface area contributed by atoms with Crippen molar-refractivity contribution in [2.75, 3.05) is 13.2 Å². The average molecular weight is 286 g/mol. The highest BCUT2D eigenvalue weighted by atomic mass is 32.1. The van der Waals surface area contributed by atoms with E-state index in [-0.39, 0.29) is 17.1 Å². The lowest BCUT2D eigenvalue weighted by Gasteiger charge is -2.32. The molecule has 0 aromatic heterocycles. The van der Waals surface area contributed by atoms with Crippen LogP contribution in [0.15, 0.2) is 36.4 Å². The van der Waals surface area contributed by atoms with Crippen LogP contribution in [0.3, 0.4) is 0 Å². The first-order chi connectivity index (χ1) is 9.75. The van der Waals surface area contributed by atoms with Crippen LogP contribution in [0.5, 0.6) is 5.75 Å². The van der Waals surface area contributed by atoms with E-state index < -0.39 is 0 Å². The molecule has 2 N–H and O–H groups in total. The standard InChI is InChI=1S/C15H14N2O2S/c16-15(20)17-14-10(8-19-17)7-18-12-6-5-9-3-1-2-4-11(9)13(12)14/h1-6,10,14H,7-8H2,(H2,16,20)/t10-,14-/m1/s1. The maximum atomic E-state index is 5.88. The van der Waals surface area contributed by atoms with Crippen molar-refractivity contribution in [3.05, 3.63) is 42.0 Å². The van der Waals surface area contributed by atoms with Crippen molar-refractivity contribution in [2.24, 2.45) is 11.7 Å². The van der Waals surface area contributed by atoms with Crippen LogP contribution < -0.4 is 10.5 Å². The van der Waals surface area contributed by atoms with E-state index in [1.54, 1.807) is 5.06 Å². The number of fused-ring (bicyclic) bond motifs is 5. The largest absolute Gasteiger partial charge is 0.493 e. The highest BCUT2D eigenvalue weighted by molar-refractivity contribution is 7.80. The summed E-state index contributed by atoms with van der Waals surface area (Å²) in [6.45, 7) is 1.22. The van der Waals surface area contributed by atoms with Gasteiger partial charge in [-0.25, -0.2) is 5.06 Å². The van der Waals surface area contributed by atoms with E-state index in [9.17, 15) is 0 Å². The van der Waals surface area contributed by atoms with Gasteiger partial charge in [0, 0.05) is 11.5 Å². The van der Waals surface area contributed by atoms with Crippen LogP contribution in [-0.2, 0) is 4.84 Å². The normalized spacial score (nSPS) is 24.1. The van der Waals surface area contributed by atoms with Crippen molar-refractivity contribution < 1.29 is 9.57 Å². The van der Waals surface area contributed by atoms with Crippen molar-refractivity contribution in [1.82, 2.24) is 5.06 Å². The van der Waals surface area contributed by atoms with Crippen LogP contribution in [0.1, 0.15) is 11.6 Å². The van der Waals surface area contributed by atoms with Crippen LogP contribution in [0, 0.1) is 5.92 Å². The highest BCUT2D eigenvalue weighted by Crippen LogP contribution is 2.46. The molecule has 0 unspecified atom stereocenters. The summed E-state index contributed by atoms with van der Waals surface area (Å²) in [5.41, 5.74) is 6.93. The van der Waals surface area contributed by atoms with Crippen LogP contribution in [0.2, 0.25) is 0 Å². The lowest BCUT2D eigenvalue weighted by Crippen LogP contribution is -2.37. The molecule has 102 valence electrons. The molecule has 0 saturated carbocycles. The smallest absolute Gasteiger partial charge is 0.191 e. The fourth-order valence-corrected chi connectivity index (χ4v) is 3.30. The number of thiocarbonyl (C=S) groups is 1. The third kappa shape index (κ3) is 1.60. The second-order valence-corrected chi connectivity index (χ2v) is 5.59. The van der Waals surface area contributed by atoms with Crippen molar-refractivity contribution >= 4 is 28.1 Å². The molecule has 2 aliphatic heterocycles. The minimum Gasteiger partial charge on any atom is -0.493 e. The average Bonchev–Trinajstić information content (AvgIpc) is 2.91. The Bertz CT molecular complexity index is 703. The zero-order valence-corrected chi connectivity index (χ0v) is 11.6. The molecule has 2 aliphatic rings. The van der Waals surface area contributed by atoms with Crippen LogP contribution in [0.4, 0.5) is 0 Å². The van der Waals surface area contributed by atoms with Gasteiger partial charge in [-0.2, -0.15) is 0 Å². The first-order valence-corrected chi connectivity index (χ1v) is 7.02. The number of nitrogens with zero attached hydrogens (tertiary/aromatic N) is 1. The van der Waals surface area contributed by atoms with Gasteiger partial charge in [-0.1, -0.05) is 30.3 Å². The van der Waals surface area contributed by atoms with Gasteiger partial charge in [0.25, 0.3) is 0 Å². The van der Waals surface area contributed by atoms with Gasteiger partial charge in [0.15, 0.2) is 5.11 Å². The molecule has 0 aliphatic carbocycles. The Balaban J connectivity index is 1.97. The van der Waals surface area contributed by atoms with E-state index in [1.807, 2.05) is 18.2 Å². The van der Waals surface area contributed by atoms with Crippen LogP contribution >= 0.6 is 12.2 Å². The van der Waals surface area contributed by atoms with E-state index in [0.717, 1.165) is 11.3 Å².